The van der Waals surface area contributed by atoms with Crippen LogP contribution >= 0.6 is 0 Å². The predicted molar refractivity (Wildman–Crippen MR) is 233 cm³/mol. The number of carbonyl (C=O) groups excluding carboxylic acids is 4. The first-order chi connectivity index (χ1) is 29.9. The number of anilines is 4. The van der Waals surface area contributed by atoms with Gasteiger partial charge in [-0.3, -0.25) is 39.1 Å². The fourth-order valence-corrected chi connectivity index (χ4v) is 8.96. The van der Waals surface area contributed by atoms with Crippen LogP contribution < -0.4 is 26.0 Å². The van der Waals surface area contributed by atoms with Crippen LogP contribution in [0.25, 0.3) is 16.9 Å². The zero-order valence-electron chi connectivity index (χ0n) is 34.8. The Kier molecular flexibility index (Phi) is 10.7. The number of allylic oxidation sites excluding steroid dienone is 1. The minimum absolute atomic E-state index is 0.0891. The largest absolute Gasteiger partial charge is 0.384 e. The molecule has 0 aliphatic carbocycles. The number of amides is 4. The zero-order valence-corrected chi connectivity index (χ0v) is 34.8. The van der Waals surface area contributed by atoms with Crippen LogP contribution in [0.4, 0.5) is 23.0 Å². The fourth-order valence-electron chi connectivity index (χ4n) is 8.96. The lowest BCUT2D eigenvalue weighted by Crippen LogP contribution is -2.54. The summed E-state index contributed by atoms with van der Waals surface area (Å²) < 4.78 is 3.14. The van der Waals surface area contributed by atoms with Crippen molar-refractivity contribution < 1.29 is 24.3 Å². The van der Waals surface area contributed by atoms with E-state index in [1.165, 1.54) is 10.9 Å². The molecular weight excluding hydrogens is 791 g/mol. The Bertz CT molecular complexity index is 2650. The van der Waals surface area contributed by atoms with E-state index in [1.807, 2.05) is 18.2 Å². The van der Waals surface area contributed by atoms with Gasteiger partial charge in [0.2, 0.25) is 17.8 Å². The molecule has 3 fully saturated rings. The molecule has 4 aliphatic rings. The van der Waals surface area contributed by atoms with Gasteiger partial charge >= 0.3 is 0 Å². The van der Waals surface area contributed by atoms with Gasteiger partial charge in [0.05, 0.1) is 23.4 Å². The van der Waals surface area contributed by atoms with Gasteiger partial charge in [-0.25, -0.2) is 19.3 Å². The Morgan fingerprint density at radius 2 is 1.56 bits per heavy atom. The van der Waals surface area contributed by atoms with Crippen LogP contribution in [0.15, 0.2) is 84.3 Å². The third-order valence-electron chi connectivity index (χ3n) is 12.3. The number of imide groups is 2. The SMILES string of the molecule is C=CCn1c(=O)c2cnc(Nc3ccc(N4CCN(CC5CCN(c6ccc7c(c6)C(=O)N([C@@H]6CCC(=O)NC6=O)C7=O)CC5)CC4)cc3)nc2n1-c1cccc(C(C)(C)O)n1. The first-order valence-electron chi connectivity index (χ1n) is 21.1. The van der Waals surface area contributed by atoms with E-state index in [2.05, 4.69) is 54.0 Å². The van der Waals surface area contributed by atoms with Gasteiger partial charge in [-0.2, -0.15) is 4.98 Å². The molecule has 3 aromatic heterocycles. The summed E-state index contributed by atoms with van der Waals surface area (Å²) in [5.41, 5.74) is 2.81. The van der Waals surface area contributed by atoms with Crippen LogP contribution in [-0.4, -0.2) is 115 Å². The van der Waals surface area contributed by atoms with Crippen LogP contribution in [0.5, 0.6) is 0 Å². The molecule has 17 nitrogen and oxygen atoms in total. The number of aliphatic hydroxyl groups is 1. The molecule has 1 atom stereocenters. The van der Waals surface area contributed by atoms with E-state index in [0.717, 1.165) is 80.6 Å². The van der Waals surface area contributed by atoms with Gasteiger partial charge in [-0.05, 0) is 93.6 Å². The van der Waals surface area contributed by atoms with Crippen molar-refractivity contribution in [2.24, 2.45) is 5.92 Å². The molecule has 3 N–H and O–H groups in total. The second kappa shape index (κ2) is 16.3. The van der Waals surface area contributed by atoms with Crippen LogP contribution in [0.2, 0.25) is 0 Å². The normalized spacial score (nSPS) is 19.0. The van der Waals surface area contributed by atoms with Gasteiger partial charge in [0.25, 0.3) is 17.4 Å². The maximum atomic E-state index is 13.4. The van der Waals surface area contributed by atoms with Crippen molar-refractivity contribution in [1.82, 2.24) is 39.4 Å². The Morgan fingerprint density at radius 3 is 2.27 bits per heavy atom. The number of hydrogen-bond donors (Lipinski definition) is 3. The number of fused-ring (bicyclic) bond motifs is 2. The predicted octanol–water partition coefficient (Wildman–Crippen LogP) is 3.57. The van der Waals surface area contributed by atoms with Crippen molar-refractivity contribution in [3.8, 4) is 5.82 Å². The molecule has 5 aromatic rings. The minimum Gasteiger partial charge on any atom is -0.384 e. The van der Waals surface area contributed by atoms with Crippen LogP contribution in [0.3, 0.4) is 0 Å². The second-order valence-electron chi connectivity index (χ2n) is 16.9. The summed E-state index contributed by atoms with van der Waals surface area (Å²) >= 11 is 0. The number of benzene rings is 2. The number of carbonyl (C=O) groups is 4. The lowest BCUT2D eigenvalue weighted by Gasteiger charge is -2.40. The molecule has 0 spiro atoms. The highest BCUT2D eigenvalue weighted by atomic mass is 16.3. The standard InChI is InChI=1S/C45H49N11O6/c1-4-18-54-41(59)34-26-46-44(50-39(34)56(54)37-7-5-6-36(48-37)45(2,3)62)47-29-8-10-30(11-9-29)53-23-21-51(22-24-53)27-28-16-19-52(20-17-28)31-12-13-32-33(25-31)43(61)55(42(32)60)35-14-15-38(57)49-40(35)58/h4-13,25-26,28,35,62H,1,14-24,27H2,2-3H3,(H,46,47,50)(H,49,57,58)/t35-/m1/s1. The number of piperazine rings is 1. The molecule has 4 amide bonds. The lowest BCUT2D eigenvalue weighted by molar-refractivity contribution is -0.136. The monoisotopic (exact) mass is 839 g/mol. The fraction of sp³-hybridized carbons (Fsp3) is 0.378. The highest BCUT2D eigenvalue weighted by Crippen LogP contribution is 2.33. The molecule has 62 heavy (non-hydrogen) atoms. The molecule has 9 rings (SSSR count). The van der Waals surface area contributed by atoms with Gasteiger partial charge in [-0.15, -0.1) is 6.58 Å². The summed E-state index contributed by atoms with van der Waals surface area (Å²) in [5, 5.41) is 16.5. The molecule has 17 heteroatoms. The van der Waals surface area contributed by atoms with Gasteiger partial charge in [0.1, 0.15) is 17.0 Å². The molecule has 3 saturated heterocycles. The van der Waals surface area contributed by atoms with Crippen LogP contribution in [0.1, 0.15) is 65.9 Å². The number of nitrogens with one attached hydrogen (secondary N) is 2. The highest BCUT2D eigenvalue weighted by molar-refractivity contribution is 6.23. The van der Waals surface area contributed by atoms with Crippen molar-refractivity contribution in [3.63, 3.8) is 0 Å². The Hall–Kier alpha value is -6.72. The summed E-state index contributed by atoms with van der Waals surface area (Å²) in [4.78, 5) is 86.1. The second-order valence-corrected chi connectivity index (χ2v) is 16.9. The lowest BCUT2D eigenvalue weighted by atomic mass is 9.95. The zero-order chi connectivity index (χ0) is 43.3. The van der Waals surface area contributed by atoms with E-state index < -0.39 is 35.3 Å². The van der Waals surface area contributed by atoms with E-state index >= 15 is 0 Å². The number of nitrogens with zero attached hydrogens (tertiary/aromatic N) is 9. The smallest absolute Gasteiger partial charge is 0.278 e. The van der Waals surface area contributed by atoms with E-state index in [1.54, 1.807) is 54.9 Å². The molecule has 0 bridgehead atoms. The molecule has 0 radical (unpaired) electrons. The highest BCUT2D eigenvalue weighted by Gasteiger charge is 2.45. The van der Waals surface area contributed by atoms with Crippen molar-refractivity contribution in [1.29, 1.82) is 0 Å². The molecule has 0 saturated carbocycles. The Balaban J connectivity index is 0.783. The average Bonchev–Trinajstić information content (AvgIpc) is 3.68. The number of piperidine rings is 2. The van der Waals surface area contributed by atoms with E-state index in [4.69, 9.17) is 4.98 Å². The van der Waals surface area contributed by atoms with Crippen molar-refractivity contribution in [3.05, 3.63) is 107 Å². The molecule has 4 aliphatic heterocycles. The number of aromatic nitrogens is 5. The number of rotatable bonds is 11. The minimum atomic E-state index is -1.18. The van der Waals surface area contributed by atoms with E-state index in [0.29, 0.717) is 45.5 Å². The number of pyridine rings is 1. The van der Waals surface area contributed by atoms with Crippen molar-refractivity contribution in [2.75, 3.05) is 60.9 Å². The molecule has 2 aromatic carbocycles. The van der Waals surface area contributed by atoms with Gasteiger partial charge in [0, 0.05) is 75.5 Å². The summed E-state index contributed by atoms with van der Waals surface area (Å²) in [5.74, 6) is -0.665. The molecular formula is C45H49N11O6. The first kappa shape index (κ1) is 40.7. The van der Waals surface area contributed by atoms with Crippen LogP contribution in [0, 0.1) is 5.92 Å². The summed E-state index contributed by atoms with van der Waals surface area (Å²) in [6.45, 7) is 13.8. The molecule has 0 unspecified atom stereocenters. The summed E-state index contributed by atoms with van der Waals surface area (Å²) in [6.07, 6.45) is 5.40. The summed E-state index contributed by atoms with van der Waals surface area (Å²) in [6, 6.07) is 17.8. The quantitative estimate of drug-likeness (QED) is 0.129. The topological polar surface area (TPSA) is 191 Å². The first-order valence-corrected chi connectivity index (χ1v) is 21.1. The van der Waals surface area contributed by atoms with Crippen molar-refractivity contribution >= 4 is 57.7 Å². The van der Waals surface area contributed by atoms with Gasteiger partial charge in [-0.1, -0.05) is 12.1 Å². The maximum Gasteiger partial charge on any atom is 0.278 e. The molecule has 320 valence electrons. The van der Waals surface area contributed by atoms with Gasteiger partial charge in [0.15, 0.2) is 11.5 Å². The van der Waals surface area contributed by atoms with E-state index in [-0.39, 0.29) is 24.9 Å². The summed E-state index contributed by atoms with van der Waals surface area (Å²) in [7, 11) is 0. The van der Waals surface area contributed by atoms with Crippen LogP contribution in [-0.2, 0) is 21.7 Å². The Morgan fingerprint density at radius 1 is 0.855 bits per heavy atom. The number of hydrogen-bond acceptors (Lipinski definition) is 13. The third kappa shape index (κ3) is 7.73. The molecule has 7 heterocycles. The van der Waals surface area contributed by atoms with E-state index in [9.17, 15) is 29.1 Å². The maximum absolute atomic E-state index is 13.4. The Labute approximate surface area is 357 Å². The average molecular weight is 840 g/mol. The van der Waals surface area contributed by atoms with Gasteiger partial charge < -0.3 is 20.2 Å². The third-order valence-corrected chi connectivity index (χ3v) is 12.3. The van der Waals surface area contributed by atoms with Crippen molar-refractivity contribution in [2.45, 2.75) is 57.7 Å².